The molecule has 1 aliphatic rings. The van der Waals surface area contributed by atoms with Crippen molar-refractivity contribution in [3.8, 4) is 0 Å². The van der Waals surface area contributed by atoms with Crippen LogP contribution in [0.25, 0.3) is 10.8 Å². The van der Waals surface area contributed by atoms with Crippen molar-refractivity contribution in [2.75, 3.05) is 31.1 Å². The Hall–Kier alpha value is -3.29. The van der Waals surface area contributed by atoms with E-state index in [1.54, 1.807) is 10.4 Å². The summed E-state index contributed by atoms with van der Waals surface area (Å²) in [4.78, 5) is 12.1. The molecule has 1 saturated heterocycles. The van der Waals surface area contributed by atoms with Gasteiger partial charge in [-0.2, -0.15) is 4.31 Å². The average Bonchev–Trinajstić information content (AvgIpc) is 3.13. The van der Waals surface area contributed by atoms with Gasteiger partial charge in [-0.05, 0) is 44.2 Å². The van der Waals surface area contributed by atoms with E-state index in [9.17, 15) is 8.42 Å². The van der Waals surface area contributed by atoms with Crippen LogP contribution in [-0.2, 0) is 16.4 Å². The van der Waals surface area contributed by atoms with Crippen LogP contribution in [0.3, 0.4) is 0 Å². The van der Waals surface area contributed by atoms with Gasteiger partial charge in [0.1, 0.15) is 11.6 Å². The van der Waals surface area contributed by atoms with Gasteiger partial charge in [0.15, 0.2) is 0 Å². The Morgan fingerprint density at radius 3 is 2.36 bits per heavy atom. The van der Waals surface area contributed by atoms with Crippen molar-refractivity contribution in [2.45, 2.75) is 38.5 Å². The molecule has 0 unspecified atom stereocenters. The number of aromatic nitrogens is 2. The molecule has 186 valence electrons. The molecule has 4 aromatic rings. The summed E-state index contributed by atoms with van der Waals surface area (Å²) in [6, 6.07) is 21.7. The van der Waals surface area contributed by atoms with E-state index in [-0.39, 0.29) is 0 Å². The molecule has 0 spiro atoms. The Morgan fingerprint density at radius 2 is 1.56 bits per heavy atom. The highest BCUT2D eigenvalue weighted by molar-refractivity contribution is 7.89. The molecule has 6 nitrogen and oxygen atoms in total. The summed E-state index contributed by atoms with van der Waals surface area (Å²) in [5.41, 5.74) is 4.53. The van der Waals surface area contributed by atoms with Crippen molar-refractivity contribution >= 4 is 26.6 Å². The fourth-order valence-electron chi connectivity index (χ4n) is 5.00. The van der Waals surface area contributed by atoms with Gasteiger partial charge in [-0.1, -0.05) is 66.2 Å². The van der Waals surface area contributed by atoms with Crippen LogP contribution >= 0.6 is 0 Å². The molecule has 0 N–H and O–H groups in total. The van der Waals surface area contributed by atoms with E-state index in [1.807, 2.05) is 50.2 Å². The lowest BCUT2D eigenvalue weighted by Crippen LogP contribution is -2.36. The van der Waals surface area contributed by atoms with Crippen molar-refractivity contribution in [2.24, 2.45) is 0 Å². The summed E-state index contributed by atoms with van der Waals surface area (Å²) in [5.74, 6) is 1.66. The number of fused-ring (bicyclic) bond motifs is 1. The molecule has 0 saturated carbocycles. The lowest BCUT2D eigenvalue weighted by atomic mass is 10.0. The van der Waals surface area contributed by atoms with Crippen molar-refractivity contribution in [3.05, 3.63) is 94.9 Å². The topological polar surface area (TPSA) is 66.4 Å². The summed E-state index contributed by atoms with van der Waals surface area (Å²) >= 11 is 0. The first-order chi connectivity index (χ1) is 17.3. The first kappa shape index (κ1) is 24.4. The minimum Gasteiger partial charge on any atom is -0.355 e. The summed E-state index contributed by atoms with van der Waals surface area (Å²) in [6.07, 6.45) is 1.48. The van der Waals surface area contributed by atoms with E-state index in [2.05, 4.69) is 41.1 Å². The highest BCUT2D eigenvalue weighted by Gasteiger charge is 2.29. The van der Waals surface area contributed by atoms with Crippen LogP contribution < -0.4 is 4.90 Å². The summed E-state index contributed by atoms with van der Waals surface area (Å²) in [6.45, 7) is 8.28. The zero-order valence-corrected chi connectivity index (χ0v) is 21.9. The third-order valence-corrected chi connectivity index (χ3v) is 8.88. The van der Waals surface area contributed by atoms with Gasteiger partial charge in [-0.3, -0.25) is 0 Å². The van der Waals surface area contributed by atoms with Crippen molar-refractivity contribution in [1.29, 1.82) is 0 Å². The van der Waals surface area contributed by atoms with Gasteiger partial charge in [-0.15, -0.1) is 0 Å². The van der Waals surface area contributed by atoms with E-state index < -0.39 is 10.0 Å². The number of hydrogen-bond acceptors (Lipinski definition) is 5. The molecule has 0 aliphatic carbocycles. The minimum atomic E-state index is -3.62. The van der Waals surface area contributed by atoms with Crippen LogP contribution in [0, 0.1) is 20.8 Å². The highest BCUT2D eigenvalue weighted by Crippen LogP contribution is 2.29. The molecule has 1 aromatic heterocycles. The number of benzene rings is 3. The van der Waals surface area contributed by atoms with E-state index in [0.717, 1.165) is 53.1 Å². The molecule has 3 aromatic carbocycles. The largest absolute Gasteiger partial charge is 0.355 e. The first-order valence-electron chi connectivity index (χ1n) is 12.5. The zero-order chi connectivity index (χ0) is 25.3. The predicted octanol–water partition coefficient (Wildman–Crippen LogP) is 5.05. The van der Waals surface area contributed by atoms with E-state index >= 15 is 0 Å². The molecule has 5 rings (SSSR count). The van der Waals surface area contributed by atoms with Gasteiger partial charge in [-0.25, -0.2) is 18.4 Å². The molecule has 0 atom stereocenters. The molecule has 2 heterocycles. The maximum Gasteiger partial charge on any atom is 0.243 e. The molecular formula is C29H32N4O2S. The Labute approximate surface area is 213 Å². The van der Waals surface area contributed by atoms with Crippen LogP contribution in [-0.4, -0.2) is 48.9 Å². The predicted molar refractivity (Wildman–Crippen MR) is 145 cm³/mol. The van der Waals surface area contributed by atoms with E-state index in [1.165, 1.54) is 11.1 Å². The number of hydrogen-bond donors (Lipinski definition) is 0. The number of anilines is 1. The number of sulfonamides is 1. The Bertz CT molecular complexity index is 1490. The molecule has 36 heavy (non-hydrogen) atoms. The molecule has 1 fully saturated rings. The van der Waals surface area contributed by atoms with Gasteiger partial charge in [0.05, 0.1) is 4.90 Å². The van der Waals surface area contributed by atoms with Gasteiger partial charge in [0, 0.05) is 49.2 Å². The Morgan fingerprint density at radius 1 is 0.806 bits per heavy atom. The quantitative estimate of drug-likeness (QED) is 0.384. The minimum absolute atomic E-state index is 0.378. The van der Waals surface area contributed by atoms with Crippen molar-refractivity contribution in [3.63, 3.8) is 0 Å². The summed E-state index contributed by atoms with van der Waals surface area (Å²) in [5, 5.41) is 1.70. The van der Waals surface area contributed by atoms with Crippen LogP contribution in [0.5, 0.6) is 0 Å². The third-order valence-electron chi connectivity index (χ3n) is 6.93. The fourth-order valence-corrected chi connectivity index (χ4v) is 6.69. The van der Waals surface area contributed by atoms with Gasteiger partial charge >= 0.3 is 0 Å². The SMILES string of the molecule is Cc1ccc(Cc2c(C)nc(C)nc2N2CCCN(S(=O)(=O)c3cccc4ccccc34)CC2)cc1. The van der Waals surface area contributed by atoms with Crippen molar-refractivity contribution < 1.29 is 8.42 Å². The van der Waals surface area contributed by atoms with Gasteiger partial charge in [0.25, 0.3) is 0 Å². The molecule has 0 radical (unpaired) electrons. The lowest BCUT2D eigenvalue weighted by Gasteiger charge is -2.26. The third kappa shape index (κ3) is 4.86. The average molecular weight is 501 g/mol. The smallest absolute Gasteiger partial charge is 0.243 e. The maximum absolute atomic E-state index is 13.7. The van der Waals surface area contributed by atoms with Crippen LogP contribution in [0.1, 0.15) is 34.6 Å². The molecule has 1 aliphatic heterocycles. The van der Waals surface area contributed by atoms with Gasteiger partial charge < -0.3 is 4.90 Å². The Kier molecular flexibility index (Phi) is 6.77. The monoisotopic (exact) mass is 500 g/mol. The van der Waals surface area contributed by atoms with Crippen LogP contribution in [0.15, 0.2) is 71.6 Å². The second-order valence-electron chi connectivity index (χ2n) is 9.54. The first-order valence-corrected chi connectivity index (χ1v) is 13.9. The van der Waals surface area contributed by atoms with Crippen LogP contribution in [0.2, 0.25) is 0 Å². The molecular weight excluding hydrogens is 468 g/mol. The summed E-state index contributed by atoms with van der Waals surface area (Å²) < 4.78 is 29.1. The molecule has 0 bridgehead atoms. The lowest BCUT2D eigenvalue weighted by molar-refractivity contribution is 0.433. The summed E-state index contributed by atoms with van der Waals surface area (Å²) in [7, 11) is -3.62. The Balaban J connectivity index is 1.43. The van der Waals surface area contributed by atoms with E-state index in [4.69, 9.17) is 4.98 Å². The van der Waals surface area contributed by atoms with Gasteiger partial charge in [0.2, 0.25) is 10.0 Å². The fraction of sp³-hybridized carbons (Fsp3) is 0.310. The molecule has 7 heteroatoms. The number of nitrogens with zero attached hydrogens (tertiary/aromatic N) is 4. The van der Waals surface area contributed by atoms with Crippen LogP contribution in [0.4, 0.5) is 5.82 Å². The van der Waals surface area contributed by atoms with E-state index in [0.29, 0.717) is 24.5 Å². The molecule has 0 amide bonds. The normalized spacial score (nSPS) is 15.2. The number of rotatable bonds is 5. The second kappa shape index (κ2) is 9.99. The standard InChI is InChI=1S/C29H32N4O2S/c1-21-12-14-24(15-13-21)20-27-22(2)30-23(3)31-29(27)32-16-7-17-33(19-18-32)36(34,35)28-11-6-9-25-8-4-5-10-26(25)28/h4-6,8-15H,7,16-20H2,1-3H3. The zero-order valence-electron chi connectivity index (χ0n) is 21.1. The highest BCUT2D eigenvalue weighted by atomic mass is 32.2. The second-order valence-corrected chi connectivity index (χ2v) is 11.4. The number of aryl methyl sites for hydroxylation is 3. The van der Waals surface area contributed by atoms with Crippen molar-refractivity contribution in [1.82, 2.24) is 14.3 Å². The maximum atomic E-state index is 13.7.